The van der Waals surface area contributed by atoms with Crippen molar-refractivity contribution in [1.29, 1.82) is 0 Å². The Hall–Kier alpha value is -1.16. The molecule has 0 saturated heterocycles. The maximum atomic E-state index is 5.93. The van der Waals surface area contributed by atoms with Gasteiger partial charge in [0.05, 0.1) is 18.0 Å². The van der Waals surface area contributed by atoms with Crippen LogP contribution in [0, 0.1) is 0 Å². The molecule has 0 amide bonds. The first-order valence-corrected chi connectivity index (χ1v) is 7.50. The summed E-state index contributed by atoms with van der Waals surface area (Å²) < 4.78 is 5.93. The van der Waals surface area contributed by atoms with Crippen LogP contribution in [0.2, 0.25) is 0 Å². The summed E-state index contributed by atoms with van der Waals surface area (Å²) >= 11 is 0. The Kier molecular flexibility index (Phi) is 5.93. The van der Waals surface area contributed by atoms with E-state index in [1.54, 1.807) is 0 Å². The lowest BCUT2D eigenvalue weighted by atomic mass is 10.1. The van der Waals surface area contributed by atoms with Crippen LogP contribution in [0.4, 0.5) is 0 Å². The smallest absolute Gasteiger partial charge is 0.160 e. The van der Waals surface area contributed by atoms with Crippen molar-refractivity contribution in [3.8, 4) is 5.75 Å². The minimum atomic E-state index is 0.0522. The average molecular weight is 279 g/mol. The van der Waals surface area contributed by atoms with Gasteiger partial charge in [0.2, 0.25) is 0 Å². The molecule has 0 aromatic carbocycles. The van der Waals surface area contributed by atoms with E-state index in [9.17, 15) is 0 Å². The second kappa shape index (κ2) is 7.02. The third-order valence-corrected chi connectivity index (χ3v) is 3.05. The predicted octanol–water partition coefficient (Wildman–Crippen LogP) is 3.67. The Bertz CT molecular complexity index is 424. The normalized spacial score (nSPS) is 13.6. The Balaban J connectivity index is 2.97. The molecule has 114 valence electrons. The molecule has 0 aliphatic heterocycles. The Morgan fingerprint density at radius 2 is 1.90 bits per heavy atom. The fourth-order valence-electron chi connectivity index (χ4n) is 1.57. The van der Waals surface area contributed by atoms with Gasteiger partial charge >= 0.3 is 0 Å². The van der Waals surface area contributed by atoms with Crippen molar-refractivity contribution in [3.63, 3.8) is 0 Å². The maximum Gasteiger partial charge on any atom is 0.160 e. The summed E-state index contributed by atoms with van der Waals surface area (Å²) in [6.45, 7) is 15.5. The fourth-order valence-corrected chi connectivity index (χ4v) is 1.57. The predicted molar refractivity (Wildman–Crippen MR) is 83.1 cm³/mol. The van der Waals surface area contributed by atoms with Crippen molar-refractivity contribution in [1.82, 2.24) is 15.3 Å². The molecule has 1 heterocycles. The van der Waals surface area contributed by atoms with Gasteiger partial charge in [0, 0.05) is 18.0 Å². The van der Waals surface area contributed by atoms with Gasteiger partial charge in [0.15, 0.2) is 5.75 Å². The van der Waals surface area contributed by atoms with E-state index in [-0.39, 0.29) is 11.6 Å². The first-order valence-electron chi connectivity index (χ1n) is 7.50. The number of nitrogens with zero attached hydrogens (tertiary/aromatic N) is 2. The monoisotopic (exact) mass is 279 g/mol. The van der Waals surface area contributed by atoms with Gasteiger partial charge in [0.1, 0.15) is 5.82 Å². The summed E-state index contributed by atoms with van der Waals surface area (Å²) in [5.74, 6) is 1.98. The maximum absolute atomic E-state index is 5.93. The third-order valence-electron chi connectivity index (χ3n) is 3.05. The van der Waals surface area contributed by atoms with E-state index in [4.69, 9.17) is 4.74 Å². The molecule has 4 nitrogen and oxygen atoms in total. The molecule has 1 aromatic rings. The summed E-state index contributed by atoms with van der Waals surface area (Å²) in [6, 6.07) is 0. The van der Waals surface area contributed by atoms with E-state index >= 15 is 0 Å². The van der Waals surface area contributed by atoms with Crippen LogP contribution in [0.3, 0.4) is 0 Å². The molecule has 0 spiro atoms. The van der Waals surface area contributed by atoms with E-state index in [0.29, 0.717) is 12.5 Å². The second-order valence-corrected chi connectivity index (χ2v) is 6.63. The number of hydrogen-bond acceptors (Lipinski definition) is 4. The van der Waals surface area contributed by atoms with Crippen LogP contribution in [0.15, 0.2) is 6.20 Å². The van der Waals surface area contributed by atoms with Crippen LogP contribution in [0.5, 0.6) is 5.75 Å². The third kappa shape index (κ3) is 5.45. The van der Waals surface area contributed by atoms with E-state index in [1.807, 2.05) is 6.20 Å². The number of rotatable bonds is 6. The molecule has 1 N–H and O–H groups in total. The van der Waals surface area contributed by atoms with Crippen molar-refractivity contribution in [2.24, 2.45) is 0 Å². The number of ether oxygens (including phenoxy) is 1. The van der Waals surface area contributed by atoms with Crippen molar-refractivity contribution in [3.05, 3.63) is 17.7 Å². The quantitative estimate of drug-likeness (QED) is 0.863. The van der Waals surface area contributed by atoms with Crippen molar-refractivity contribution in [2.45, 2.75) is 79.0 Å². The van der Waals surface area contributed by atoms with Crippen molar-refractivity contribution >= 4 is 0 Å². The van der Waals surface area contributed by atoms with Gasteiger partial charge in [-0.2, -0.15) is 0 Å². The second-order valence-electron chi connectivity index (χ2n) is 6.63. The molecule has 4 heteroatoms. The molecule has 0 bridgehead atoms. The SMILES string of the molecule is CCC(C)Oc1cnc(C(C)C)nc1CNC(C)(C)C. The van der Waals surface area contributed by atoms with Crippen molar-refractivity contribution < 1.29 is 4.74 Å². The summed E-state index contributed by atoms with van der Waals surface area (Å²) in [5.41, 5.74) is 0.996. The molecule has 20 heavy (non-hydrogen) atoms. The minimum absolute atomic E-state index is 0.0522. The zero-order valence-electron chi connectivity index (χ0n) is 13.9. The van der Waals surface area contributed by atoms with E-state index in [2.05, 4.69) is 63.8 Å². The van der Waals surface area contributed by atoms with E-state index < -0.39 is 0 Å². The summed E-state index contributed by atoms with van der Waals surface area (Å²) in [6.07, 6.45) is 2.96. The van der Waals surface area contributed by atoms with Gasteiger partial charge < -0.3 is 10.1 Å². The molecule has 0 aliphatic rings. The lowest BCUT2D eigenvalue weighted by Crippen LogP contribution is -2.35. The van der Waals surface area contributed by atoms with Gasteiger partial charge in [-0.05, 0) is 34.1 Å². The highest BCUT2D eigenvalue weighted by molar-refractivity contribution is 5.25. The highest BCUT2D eigenvalue weighted by Gasteiger charge is 2.15. The highest BCUT2D eigenvalue weighted by atomic mass is 16.5. The molecule has 1 unspecified atom stereocenters. The van der Waals surface area contributed by atoms with Crippen LogP contribution < -0.4 is 10.1 Å². The molecular weight excluding hydrogens is 250 g/mol. The Morgan fingerprint density at radius 1 is 1.25 bits per heavy atom. The lowest BCUT2D eigenvalue weighted by molar-refractivity contribution is 0.212. The Morgan fingerprint density at radius 3 is 2.40 bits per heavy atom. The molecular formula is C16H29N3O. The summed E-state index contributed by atoms with van der Waals surface area (Å²) in [5, 5.41) is 3.47. The zero-order valence-corrected chi connectivity index (χ0v) is 13.9. The highest BCUT2D eigenvalue weighted by Crippen LogP contribution is 2.21. The number of nitrogens with one attached hydrogen (secondary N) is 1. The first kappa shape index (κ1) is 16.9. The lowest BCUT2D eigenvalue weighted by Gasteiger charge is -2.22. The van der Waals surface area contributed by atoms with Crippen LogP contribution in [-0.2, 0) is 6.54 Å². The zero-order chi connectivity index (χ0) is 15.3. The molecule has 1 aromatic heterocycles. The van der Waals surface area contributed by atoms with Gasteiger partial charge in [-0.1, -0.05) is 20.8 Å². The topological polar surface area (TPSA) is 47.0 Å². The van der Waals surface area contributed by atoms with Crippen LogP contribution >= 0.6 is 0 Å². The standard InChI is InChI=1S/C16H29N3O/c1-8-12(4)20-14-10-17-15(11(2)3)19-13(14)9-18-16(5,6)7/h10-12,18H,8-9H2,1-7H3. The van der Waals surface area contributed by atoms with Gasteiger partial charge in [-0.3, -0.25) is 0 Å². The summed E-state index contributed by atoms with van der Waals surface area (Å²) in [7, 11) is 0. The molecule has 1 rings (SSSR count). The fraction of sp³-hybridized carbons (Fsp3) is 0.750. The minimum Gasteiger partial charge on any atom is -0.487 e. The molecule has 1 atom stereocenters. The van der Waals surface area contributed by atoms with E-state index in [0.717, 1.165) is 23.7 Å². The largest absolute Gasteiger partial charge is 0.487 e. The molecule has 0 radical (unpaired) electrons. The van der Waals surface area contributed by atoms with Crippen LogP contribution in [0.1, 0.15) is 72.3 Å². The molecule has 0 aliphatic carbocycles. The van der Waals surface area contributed by atoms with Gasteiger partial charge in [0.25, 0.3) is 0 Å². The first-order chi connectivity index (χ1) is 9.23. The van der Waals surface area contributed by atoms with E-state index in [1.165, 1.54) is 0 Å². The Labute approximate surface area is 123 Å². The van der Waals surface area contributed by atoms with Crippen molar-refractivity contribution in [2.75, 3.05) is 0 Å². The number of aromatic nitrogens is 2. The summed E-state index contributed by atoms with van der Waals surface area (Å²) in [4.78, 5) is 9.07. The average Bonchev–Trinajstić information content (AvgIpc) is 2.36. The van der Waals surface area contributed by atoms with Crippen LogP contribution in [0.25, 0.3) is 0 Å². The number of hydrogen-bond donors (Lipinski definition) is 1. The molecule has 0 saturated carbocycles. The van der Waals surface area contributed by atoms with Crippen LogP contribution in [-0.4, -0.2) is 21.6 Å². The molecule has 0 fully saturated rings. The van der Waals surface area contributed by atoms with Gasteiger partial charge in [-0.25, -0.2) is 9.97 Å². The van der Waals surface area contributed by atoms with Gasteiger partial charge in [-0.15, -0.1) is 0 Å².